The van der Waals surface area contributed by atoms with E-state index >= 15 is 0 Å². The van der Waals surface area contributed by atoms with E-state index in [1.807, 2.05) is 12.1 Å². The maximum absolute atomic E-state index is 5.92. The molecule has 2 unspecified atom stereocenters. The minimum Gasteiger partial charge on any atom is -0.379 e. The second-order valence-electron chi connectivity index (χ2n) is 4.53. The van der Waals surface area contributed by atoms with Gasteiger partial charge in [0.1, 0.15) is 0 Å². The third-order valence-corrected chi connectivity index (χ3v) is 3.16. The quantitative estimate of drug-likeness (QED) is 0.838. The highest BCUT2D eigenvalue weighted by Gasteiger charge is 2.24. The lowest BCUT2D eigenvalue weighted by Gasteiger charge is -2.30. The summed E-state index contributed by atoms with van der Waals surface area (Å²) in [4.78, 5) is 0. The van der Waals surface area contributed by atoms with Crippen LogP contribution < -0.4 is 5.32 Å². The van der Waals surface area contributed by atoms with Gasteiger partial charge in [0.05, 0.1) is 12.1 Å². The van der Waals surface area contributed by atoms with Gasteiger partial charge in [0.2, 0.25) is 0 Å². The Labute approximate surface area is 109 Å². The fourth-order valence-electron chi connectivity index (χ4n) is 2.11. The average Bonchev–Trinajstić information content (AvgIpc) is 2.29. The number of rotatable bonds is 6. The highest BCUT2D eigenvalue weighted by atomic mass is 35.5. The van der Waals surface area contributed by atoms with Crippen molar-refractivity contribution in [2.45, 2.75) is 32.9 Å². The van der Waals surface area contributed by atoms with Gasteiger partial charge in [0, 0.05) is 12.1 Å². The van der Waals surface area contributed by atoms with Gasteiger partial charge in [-0.05, 0) is 30.2 Å². The van der Waals surface area contributed by atoms with Crippen molar-refractivity contribution in [3.63, 3.8) is 0 Å². The molecule has 1 N–H and O–H groups in total. The molecule has 2 atom stereocenters. The Balaban J connectivity index is 2.94. The number of likely N-dealkylation sites (N-methyl/N-ethyl adjacent to an activating group) is 1. The standard InChI is InChI=1S/C14H22ClNO/c1-5-16-13(14(17-4)10(2)3)11-6-8-12(15)9-7-11/h6-10,13-14,16H,5H2,1-4H3. The van der Waals surface area contributed by atoms with Crippen molar-refractivity contribution in [2.24, 2.45) is 5.92 Å². The SMILES string of the molecule is CCNC(c1ccc(Cl)cc1)C(OC)C(C)C. The molecule has 0 amide bonds. The Morgan fingerprint density at radius 1 is 1.24 bits per heavy atom. The predicted octanol–water partition coefficient (Wildman–Crippen LogP) is 3.66. The third-order valence-electron chi connectivity index (χ3n) is 2.91. The molecule has 1 aromatic rings. The van der Waals surface area contributed by atoms with Gasteiger partial charge in [-0.1, -0.05) is 44.5 Å². The first-order chi connectivity index (χ1) is 8.10. The van der Waals surface area contributed by atoms with Crippen LogP contribution in [0.1, 0.15) is 32.4 Å². The van der Waals surface area contributed by atoms with E-state index in [1.165, 1.54) is 5.56 Å². The summed E-state index contributed by atoms with van der Waals surface area (Å²) < 4.78 is 5.62. The summed E-state index contributed by atoms with van der Waals surface area (Å²) in [5.41, 5.74) is 1.22. The molecule has 3 heteroatoms. The lowest BCUT2D eigenvalue weighted by atomic mass is 9.93. The summed E-state index contributed by atoms with van der Waals surface area (Å²) in [5, 5.41) is 4.25. The first-order valence-corrected chi connectivity index (χ1v) is 6.49. The molecule has 17 heavy (non-hydrogen) atoms. The van der Waals surface area contributed by atoms with Crippen LogP contribution in [-0.2, 0) is 4.74 Å². The van der Waals surface area contributed by atoms with E-state index in [9.17, 15) is 0 Å². The minimum absolute atomic E-state index is 0.163. The zero-order chi connectivity index (χ0) is 12.8. The van der Waals surface area contributed by atoms with Crippen LogP contribution in [0.15, 0.2) is 24.3 Å². The van der Waals surface area contributed by atoms with Gasteiger partial charge in [-0.25, -0.2) is 0 Å². The molecule has 0 aliphatic rings. The van der Waals surface area contributed by atoms with E-state index in [2.05, 4.69) is 38.2 Å². The van der Waals surface area contributed by atoms with Crippen molar-refractivity contribution in [2.75, 3.05) is 13.7 Å². The number of nitrogens with one attached hydrogen (secondary N) is 1. The third kappa shape index (κ3) is 3.98. The molecule has 0 saturated heterocycles. The summed E-state index contributed by atoms with van der Waals surface area (Å²) in [7, 11) is 1.77. The van der Waals surface area contributed by atoms with Gasteiger partial charge in [0.25, 0.3) is 0 Å². The predicted molar refractivity (Wildman–Crippen MR) is 73.5 cm³/mol. The van der Waals surface area contributed by atoms with Crippen LogP contribution in [0, 0.1) is 5.92 Å². The van der Waals surface area contributed by atoms with Crippen molar-refractivity contribution in [1.29, 1.82) is 0 Å². The molecular formula is C14H22ClNO. The summed E-state index contributed by atoms with van der Waals surface area (Å²) in [6.07, 6.45) is 0.163. The largest absolute Gasteiger partial charge is 0.379 e. The molecule has 0 aliphatic heterocycles. The van der Waals surface area contributed by atoms with Crippen LogP contribution in [0.5, 0.6) is 0 Å². The number of hydrogen-bond acceptors (Lipinski definition) is 2. The van der Waals surface area contributed by atoms with Gasteiger partial charge in [-0.15, -0.1) is 0 Å². The zero-order valence-corrected chi connectivity index (χ0v) is 11.8. The molecule has 0 aromatic heterocycles. The maximum atomic E-state index is 5.92. The lowest BCUT2D eigenvalue weighted by molar-refractivity contribution is 0.0331. The average molecular weight is 256 g/mol. The van der Waals surface area contributed by atoms with Crippen molar-refractivity contribution in [1.82, 2.24) is 5.32 Å². The highest BCUT2D eigenvalue weighted by Crippen LogP contribution is 2.25. The lowest BCUT2D eigenvalue weighted by Crippen LogP contribution is -2.36. The molecule has 1 rings (SSSR count). The van der Waals surface area contributed by atoms with Crippen molar-refractivity contribution in [3.8, 4) is 0 Å². The van der Waals surface area contributed by atoms with Crippen LogP contribution in [0.2, 0.25) is 5.02 Å². The summed E-state index contributed by atoms with van der Waals surface area (Å²) >= 11 is 5.92. The number of ether oxygens (including phenoxy) is 1. The molecule has 0 fully saturated rings. The van der Waals surface area contributed by atoms with Gasteiger partial charge in [0.15, 0.2) is 0 Å². The van der Waals surface area contributed by atoms with Crippen molar-refractivity contribution >= 4 is 11.6 Å². The maximum Gasteiger partial charge on any atom is 0.0788 e. The summed E-state index contributed by atoms with van der Waals surface area (Å²) in [6.45, 7) is 7.37. The molecular weight excluding hydrogens is 234 g/mol. The normalized spacial score (nSPS) is 14.9. The second kappa shape index (κ2) is 7.00. The van der Waals surface area contributed by atoms with E-state index in [0.29, 0.717) is 5.92 Å². The second-order valence-corrected chi connectivity index (χ2v) is 4.97. The molecule has 0 radical (unpaired) electrons. The van der Waals surface area contributed by atoms with Crippen LogP contribution in [-0.4, -0.2) is 19.8 Å². The van der Waals surface area contributed by atoms with E-state index < -0.39 is 0 Å². The smallest absolute Gasteiger partial charge is 0.0788 e. The van der Waals surface area contributed by atoms with E-state index in [4.69, 9.17) is 16.3 Å². The van der Waals surface area contributed by atoms with E-state index in [1.54, 1.807) is 7.11 Å². The summed E-state index contributed by atoms with van der Waals surface area (Å²) in [6, 6.07) is 8.18. The van der Waals surface area contributed by atoms with Crippen LogP contribution in [0.25, 0.3) is 0 Å². The fourth-order valence-corrected chi connectivity index (χ4v) is 2.23. The van der Waals surface area contributed by atoms with E-state index in [-0.39, 0.29) is 12.1 Å². The van der Waals surface area contributed by atoms with Gasteiger partial charge < -0.3 is 10.1 Å². The Morgan fingerprint density at radius 2 is 1.82 bits per heavy atom. The molecule has 96 valence electrons. The van der Waals surface area contributed by atoms with Crippen molar-refractivity contribution in [3.05, 3.63) is 34.9 Å². The first-order valence-electron chi connectivity index (χ1n) is 6.11. The Hall–Kier alpha value is -0.570. The zero-order valence-electron chi connectivity index (χ0n) is 11.0. The summed E-state index contributed by atoms with van der Waals surface area (Å²) in [5.74, 6) is 0.458. The molecule has 0 heterocycles. The van der Waals surface area contributed by atoms with E-state index in [0.717, 1.165) is 11.6 Å². The fraction of sp³-hybridized carbons (Fsp3) is 0.571. The molecule has 0 saturated carbocycles. The van der Waals surface area contributed by atoms with Gasteiger partial charge >= 0.3 is 0 Å². The molecule has 2 nitrogen and oxygen atoms in total. The minimum atomic E-state index is 0.163. The highest BCUT2D eigenvalue weighted by molar-refractivity contribution is 6.30. The Bertz CT molecular complexity index is 323. The van der Waals surface area contributed by atoms with Crippen LogP contribution in [0.4, 0.5) is 0 Å². The number of hydrogen-bond donors (Lipinski definition) is 1. The Kier molecular flexibility index (Phi) is 5.96. The van der Waals surface area contributed by atoms with Crippen LogP contribution >= 0.6 is 11.6 Å². The molecule has 0 aliphatic carbocycles. The number of benzene rings is 1. The monoisotopic (exact) mass is 255 g/mol. The molecule has 0 bridgehead atoms. The number of halogens is 1. The number of methoxy groups -OCH3 is 1. The molecule has 1 aromatic carbocycles. The van der Waals surface area contributed by atoms with Crippen LogP contribution in [0.3, 0.4) is 0 Å². The van der Waals surface area contributed by atoms with Gasteiger partial charge in [-0.2, -0.15) is 0 Å². The van der Waals surface area contributed by atoms with Crippen molar-refractivity contribution < 1.29 is 4.74 Å². The Morgan fingerprint density at radius 3 is 2.24 bits per heavy atom. The van der Waals surface area contributed by atoms with Gasteiger partial charge in [-0.3, -0.25) is 0 Å². The topological polar surface area (TPSA) is 21.3 Å². The first kappa shape index (κ1) is 14.5. The molecule has 0 spiro atoms.